The normalized spacial score (nSPS) is 26.9. The number of nitrogens with one attached hydrogen (secondary N) is 1. The second kappa shape index (κ2) is 5.31. The molecule has 0 radical (unpaired) electrons. The molecule has 0 amide bonds. The first-order chi connectivity index (χ1) is 8.57. The van der Waals surface area contributed by atoms with E-state index in [0.29, 0.717) is 5.92 Å². The van der Waals surface area contributed by atoms with Crippen LogP contribution in [0.1, 0.15) is 26.2 Å². The second-order valence-electron chi connectivity index (χ2n) is 5.03. The first kappa shape index (κ1) is 13.4. The highest BCUT2D eigenvalue weighted by molar-refractivity contribution is 9.10. The molecule has 0 bridgehead atoms. The first-order valence-electron chi connectivity index (χ1n) is 6.18. The van der Waals surface area contributed by atoms with Crippen LogP contribution in [0.3, 0.4) is 0 Å². The van der Waals surface area contributed by atoms with Crippen LogP contribution < -0.4 is 5.32 Å². The number of carbonyl (C=O) groups excluding carboxylic acids is 1. The molecule has 0 aliphatic heterocycles. The highest BCUT2D eigenvalue weighted by atomic mass is 79.9. The molecule has 2 unspecified atom stereocenters. The Morgan fingerprint density at radius 3 is 2.78 bits per heavy atom. The molecule has 4 heteroatoms. The van der Waals surface area contributed by atoms with Gasteiger partial charge in [0.15, 0.2) is 0 Å². The van der Waals surface area contributed by atoms with Crippen molar-refractivity contribution < 1.29 is 9.53 Å². The lowest BCUT2D eigenvalue weighted by Crippen LogP contribution is -2.45. The molecule has 1 aromatic rings. The lowest BCUT2D eigenvalue weighted by atomic mass is 9.95. The number of methoxy groups -OCH3 is 1. The molecule has 0 saturated heterocycles. The molecule has 3 nitrogen and oxygen atoms in total. The van der Waals surface area contributed by atoms with E-state index in [9.17, 15) is 4.79 Å². The van der Waals surface area contributed by atoms with Gasteiger partial charge in [-0.1, -0.05) is 19.1 Å². The Bertz CT molecular complexity index is 449. The summed E-state index contributed by atoms with van der Waals surface area (Å²) >= 11 is 3.50. The average Bonchev–Trinajstić information content (AvgIpc) is 2.74. The van der Waals surface area contributed by atoms with Crippen molar-refractivity contribution in [3.63, 3.8) is 0 Å². The number of para-hydroxylation sites is 1. The molecule has 0 aromatic heterocycles. The summed E-state index contributed by atoms with van der Waals surface area (Å²) in [5.74, 6) is 0.377. The molecule has 0 heterocycles. The number of ether oxygens (including phenoxy) is 1. The molecule has 98 valence electrons. The van der Waals surface area contributed by atoms with Crippen molar-refractivity contribution in [1.29, 1.82) is 0 Å². The average molecular weight is 312 g/mol. The predicted molar refractivity (Wildman–Crippen MR) is 75.5 cm³/mol. The predicted octanol–water partition coefficient (Wildman–Crippen LogP) is 3.59. The van der Waals surface area contributed by atoms with E-state index < -0.39 is 5.54 Å². The Balaban J connectivity index is 2.27. The maximum Gasteiger partial charge on any atom is 0.331 e. The van der Waals surface area contributed by atoms with Gasteiger partial charge in [0.2, 0.25) is 0 Å². The van der Waals surface area contributed by atoms with Crippen molar-refractivity contribution in [3.05, 3.63) is 28.7 Å². The van der Waals surface area contributed by atoms with Gasteiger partial charge in [-0.3, -0.25) is 0 Å². The number of esters is 1. The second-order valence-corrected chi connectivity index (χ2v) is 5.88. The van der Waals surface area contributed by atoms with Gasteiger partial charge in [-0.25, -0.2) is 4.79 Å². The van der Waals surface area contributed by atoms with Crippen molar-refractivity contribution in [2.45, 2.75) is 31.7 Å². The van der Waals surface area contributed by atoms with Crippen molar-refractivity contribution in [2.24, 2.45) is 5.92 Å². The number of anilines is 1. The van der Waals surface area contributed by atoms with Crippen LogP contribution in [0, 0.1) is 5.92 Å². The topological polar surface area (TPSA) is 38.3 Å². The van der Waals surface area contributed by atoms with Crippen molar-refractivity contribution in [3.8, 4) is 0 Å². The molecular weight excluding hydrogens is 294 g/mol. The molecule has 1 aliphatic rings. The van der Waals surface area contributed by atoms with Crippen LogP contribution in [0.25, 0.3) is 0 Å². The fourth-order valence-corrected chi connectivity index (χ4v) is 3.04. The number of benzene rings is 1. The number of hydrogen-bond donors (Lipinski definition) is 1. The summed E-state index contributed by atoms with van der Waals surface area (Å²) in [6.45, 7) is 2.17. The van der Waals surface area contributed by atoms with Crippen LogP contribution in [0.2, 0.25) is 0 Å². The summed E-state index contributed by atoms with van der Waals surface area (Å²) in [5.41, 5.74) is 0.370. The van der Waals surface area contributed by atoms with E-state index in [-0.39, 0.29) is 5.97 Å². The smallest absolute Gasteiger partial charge is 0.331 e. The third-order valence-corrected chi connectivity index (χ3v) is 4.28. The Labute approximate surface area is 116 Å². The molecule has 1 N–H and O–H groups in total. The summed E-state index contributed by atoms with van der Waals surface area (Å²) in [6.07, 6.45) is 2.69. The largest absolute Gasteiger partial charge is 0.467 e. The molecule has 18 heavy (non-hydrogen) atoms. The maximum atomic E-state index is 12.1. The molecule has 1 fully saturated rings. The van der Waals surface area contributed by atoms with Crippen LogP contribution in [0.4, 0.5) is 5.69 Å². The van der Waals surface area contributed by atoms with Gasteiger partial charge in [0.1, 0.15) is 5.54 Å². The van der Waals surface area contributed by atoms with Crippen molar-refractivity contribution in [1.82, 2.24) is 0 Å². The quantitative estimate of drug-likeness (QED) is 0.867. The molecule has 2 rings (SSSR count). The standard InChI is InChI=1S/C14H18BrNO2/c1-10-7-8-14(9-10,13(17)18-2)16-12-6-4-3-5-11(12)15/h3-6,10,16H,7-9H2,1-2H3. The lowest BCUT2D eigenvalue weighted by Gasteiger charge is -2.29. The van der Waals surface area contributed by atoms with E-state index in [1.54, 1.807) is 0 Å². The number of rotatable bonds is 3. The van der Waals surface area contributed by atoms with E-state index in [1.807, 2.05) is 24.3 Å². The third-order valence-electron chi connectivity index (χ3n) is 3.58. The molecule has 1 aliphatic carbocycles. The van der Waals surface area contributed by atoms with Crippen LogP contribution >= 0.6 is 15.9 Å². The summed E-state index contributed by atoms with van der Waals surface area (Å²) in [5, 5.41) is 3.38. The minimum Gasteiger partial charge on any atom is -0.467 e. The zero-order valence-electron chi connectivity index (χ0n) is 10.7. The minimum atomic E-state index is -0.571. The highest BCUT2D eigenvalue weighted by Crippen LogP contribution is 2.39. The highest BCUT2D eigenvalue weighted by Gasteiger charge is 2.45. The Morgan fingerprint density at radius 2 is 2.22 bits per heavy atom. The first-order valence-corrected chi connectivity index (χ1v) is 6.98. The summed E-state index contributed by atoms with van der Waals surface area (Å²) in [7, 11) is 1.45. The summed E-state index contributed by atoms with van der Waals surface area (Å²) < 4.78 is 5.95. The van der Waals surface area contributed by atoms with Gasteiger partial charge in [-0.05, 0) is 53.2 Å². The van der Waals surface area contributed by atoms with Gasteiger partial charge >= 0.3 is 5.97 Å². The van der Waals surface area contributed by atoms with Gasteiger partial charge < -0.3 is 10.1 Å². The van der Waals surface area contributed by atoms with E-state index in [2.05, 4.69) is 28.2 Å². The molecule has 2 atom stereocenters. The van der Waals surface area contributed by atoms with Crippen LogP contribution in [0.5, 0.6) is 0 Å². The SMILES string of the molecule is COC(=O)C1(Nc2ccccc2Br)CCC(C)C1. The van der Waals surface area contributed by atoms with Gasteiger partial charge in [0.25, 0.3) is 0 Å². The summed E-state index contributed by atoms with van der Waals surface area (Å²) in [6, 6.07) is 7.84. The number of hydrogen-bond acceptors (Lipinski definition) is 3. The third kappa shape index (κ3) is 2.53. The van der Waals surface area contributed by atoms with E-state index >= 15 is 0 Å². The fraction of sp³-hybridized carbons (Fsp3) is 0.500. The van der Waals surface area contributed by atoms with Crippen LogP contribution in [0.15, 0.2) is 28.7 Å². The zero-order valence-corrected chi connectivity index (χ0v) is 12.3. The zero-order chi connectivity index (χ0) is 13.2. The molecular formula is C14H18BrNO2. The van der Waals surface area contributed by atoms with Gasteiger partial charge in [0.05, 0.1) is 7.11 Å². The Hall–Kier alpha value is -1.03. The minimum absolute atomic E-state index is 0.164. The molecule has 0 spiro atoms. The summed E-state index contributed by atoms with van der Waals surface area (Å²) in [4.78, 5) is 12.1. The number of carbonyl (C=O) groups is 1. The van der Waals surface area contributed by atoms with Crippen molar-refractivity contribution in [2.75, 3.05) is 12.4 Å². The van der Waals surface area contributed by atoms with Gasteiger partial charge in [-0.15, -0.1) is 0 Å². The Morgan fingerprint density at radius 1 is 1.50 bits per heavy atom. The Kier molecular flexibility index (Phi) is 3.95. The van der Waals surface area contributed by atoms with E-state index in [4.69, 9.17) is 4.74 Å². The number of halogens is 1. The van der Waals surface area contributed by atoms with E-state index in [1.165, 1.54) is 7.11 Å². The van der Waals surface area contributed by atoms with Gasteiger partial charge in [-0.2, -0.15) is 0 Å². The lowest BCUT2D eigenvalue weighted by molar-refractivity contribution is -0.145. The van der Waals surface area contributed by atoms with Crippen molar-refractivity contribution >= 4 is 27.6 Å². The molecule has 1 aromatic carbocycles. The monoisotopic (exact) mass is 311 g/mol. The van der Waals surface area contributed by atoms with E-state index in [0.717, 1.165) is 29.4 Å². The van der Waals surface area contributed by atoms with Gasteiger partial charge in [0, 0.05) is 10.2 Å². The maximum absolute atomic E-state index is 12.1. The fourth-order valence-electron chi connectivity index (χ4n) is 2.66. The van der Waals surface area contributed by atoms with Crippen LogP contribution in [-0.4, -0.2) is 18.6 Å². The van der Waals surface area contributed by atoms with Crippen LogP contribution in [-0.2, 0) is 9.53 Å². The molecule has 1 saturated carbocycles.